The van der Waals surface area contributed by atoms with Crippen molar-refractivity contribution in [2.24, 2.45) is 9.98 Å². The molecule has 5 rings (SSSR count). The van der Waals surface area contributed by atoms with Crippen LogP contribution < -0.4 is 20.1 Å². The number of para-hydroxylation sites is 6. The van der Waals surface area contributed by atoms with Gasteiger partial charge in [0.15, 0.2) is 11.6 Å². The van der Waals surface area contributed by atoms with E-state index in [0.717, 1.165) is 64.2 Å². The Bertz CT molecular complexity index is 2020. The van der Waals surface area contributed by atoms with Crippen molar-refractivity contribution in [1.29, 1.82) is 0 Å². The Morgan fingerprint density at radius 1 is 0.483 bits per heavy atom. The van der Waals surface area contributed by atoms with Gasteiger partial charge in [-0.05, 0) is 61.4 Å². The number of hydrogen-bond donors (Lipinski definition) is 2. The summed E-state index contributed by atoms with van der Waals surface area (Å²) in [6.45, 7) is 4.28. The topological polar surface area (TPSA) is 136 Å². The van der Waals surface area contributed by atoms with Crippen LogP contribution in [0.3, 0.4) is 0 Å². The molecule has 0 bridgehead atoms. The Balaban J connectivity index is 1.44. The molecule has 1 heterocycles. The molecule has 0 saturated heterocycles. The van der Waals surface area contributed by atoms with E-state index in [4.69, 9.17) is 19.5 Å². The maximum Gasteiger partial charge on any atom is 0.311 e. The number of unbranched alkanes of at least 4 members (excludes halogenated alkanes) is 8. The lowest BCUT2D eigenvalue weighted by molar-refractivity contribution is -0.135. The highest BCUT2D eigenvalue weighted by atomic mass is 16.5. The number of rotatable bonds is 18. The molecular weight excluding hydrogens is 729 g/mol. The van der Waals surface area contributed by atoms with Crippen molar-refractivity contribution in [3.05, 3.63) is 132 Å². The Morgan fingerprint density at radius 2 is 0.862 bits per heavy atom. The van der Waals surface area contributed by atoms with Gasteiger partial charge in [-0.1, -0.05) is 114 Å². The number of benzene rings is 4. The summed E-state index contributed by atoms with van der Waals surface area (Å²) in [5, 5.41) is 6.42. The molecule has 300 valence electrons. The molecule has 10 nitrogen and oxygen atoms in total. The van der Waals surface area contributed by atoms with E-state index in [2.05, 4.69) is 24.5 Å². The summed E-state index contributed by atoms with van der Waals surface area (Å²) in [6, 6.07) is 27.7. The van der Waals surface area contributed by atoms with Gasteiger partial charge in [-0.2, -0.15) is 0 Å². The average molecular weight is 781 g/mol. The van der Waals surface area contributed by atoms with Crippen LogP contribution in [-0.4, -0.2) is 35.9 Å². The fraction of sp³-hybridized carbons (Fsp3) is 0.292. The number of carbonyl (C=O) groups excluding carboxylic acids is 4. The van der Waals surface area contributed by atoms with E-state index >= 15 is 0 Å². The highest BCUT2D eigenvalue weighted by molar-refractivity contribution is 6.24. The first-order valence-corrected chi connectivity index (χ1v) is 20.3. The van der Waals surface area contributed by atoms with Gasteiger partial charge in [-0.3, -0.25) is 29.2 Å². The summed E-state index contributed by atoms with van der Waals surface area (Å²) in [5.74, 6) is -1.26. The van der Waals surface area contributed by atoms with Crippen LogP contribution in [-0.2, 0) is 9.59 Å². The second-order valence-corrected chi connectivity index (χ2v) is 14.0. The standard InChI is InChI=1S/C48H52N4O6/c1-3-5-7-9-11-29-45(53)57-43-27-19-13-21-37(43)47(55)35-31-49-39-23-15-17-25-41(39)51-33-36(34-52-42-26-18-16-24-40(42)50-32-35)48(56)38-22-14-20-28-44(38)58-46(54)30-12-10-8-6-4-2/h13-28,31-34,49,52H,3-12,29-30H2,1-2H3/b35-31-,36-34-,50-32?,51-33?. The summed E-state index contributed by atoms with van der Waals surface area (Å²) in [4.78, 5) is 63.4. The van der Waals surface area contributed by atoms with Crippen LogP contribution in [0.4, 0.5) is 22.7 Å². The summed E-state index contributed by atoms with van der Waals surface area (Å²) in [7, 11) is 0. The number of aliphatic imine (C=N–C) groups is 2. The van der Waals surface area contributed by atoms with Crippen LogP contribution in [0.25, 0.3) is 0 Å². The van der Waals surface area contributed by atoms with Crippen molar-refractivity contribution < 1.29 is 28.7 Å². The van der Waals surface area contributed by atoms with E-state index in [1.165, 1.54) is 24.8 Å². The molecule has 1 aliphatic heterocycles. The predicted octanol–water partition coefficient (Wildman–Crippen LogP) is 11.7. The maximum absolute atomic E-state index is 14.2. The van der Waals surface area contributed by atoms with Crippen LogP contribution >= 0.6 is 0 Å². The van der Waals surface area contributed by atoms with Crippen molar-refractivity contribution in [2.75, 3.05) is 10.6 Å². The van der Waals surface area contributed by atoms with Gasteiger partial charge in [0.05, 0.1) is 45.0 Å². The normalized spacial score (nSPS) is 14.2. The Hall–Kier alpha value is -6.42. The molecule has 4 aromatic carbocycles. The summed E-state index contributed by atoms with van der Waals surface area (Å²) in [5.41, 5.74) is 2.86. The van der Waals surface area contributed by atoms with Gasteiger partial charge >= 0.3 is 11.9 Å². The molecule has 2 N–H and O–H groups in total. The third kappa shape index (κ3) is 12.8. The van der Waals surface area contributed by atoms with Crippen LogP contribution in [0.5, 0.6) is 11.5 Å². The van der Waals surface area contributed by atoms with Crippen molar-refractivity contribution in [3.8, 4) is 11.5 Å². The van der Waals surface area contributed by atoms with Gasteiger partial charge in [0.25, 0.3) is 0 Å². The van der Waals surface area contributed by atoms with Crippen molar-refractivity contribution >= 4 is 58.7 Å². The molecule has 0 amide bonds. The number of nitrogens with zero attached hydrogens (tertiary/aromatic N) is 2. The molecule has 0 saturated carbocycles. The fourth-order valence-electron chi connectivity index (χ4n) is 6.22. The first-order valence-electron chi connectivity index (χ1n) is 20.3. The third-order valence-corrected chi connectivity index (χ3v) is 9.46. The fourth-order valence-corrected chi connectivity index (χ4v) is 6.22. The van der Waals surface area contributed by atoms with E-state index < -0.39 is 11.6 Å². The van der Waals surface area contributed by atoms with Crippen LogP contribution in [0, 0.1) is 0 Å². The van der Waals surface area contributed by atoms with Crippen molar-refractivity contribution in [3.63, 3.8) is 0 Å². The minimum atomic E-state index is -0.412. The smallest absolute Gasteiger partial charge is 0.311 e. The number of nitrogens with one attached hydrogen (secondary N) is 2. The molecule has 4 aromatic rings. The number of esters is 2. The lowest BCUT2D eigenvalue weighted by Gasteiger charge is -2.13. The van der Waals surface area contributed by atoms with Crippen LogP contribution in [0.1, 0.15) is 112 Å². The number of ether oxygens (including phenoxy) is 2. The molecule has 58 heavy (non-hydrogen) atoms. The molecular formula is C48H52N4O6. The van der Waals surface area contributed by atoms with E-state index in [-0.39, 0.29) is 58.6 Å². The molecule has 0 aliphatic carbocycles. The summed E-state index contributed by atoms with van der Waals surface area (Å²) >= 11 is 0. The lowest BCUT2D eigenvalue weighted by Crippen LogP contribution is -2.13. The molecule has 0 radical (unpaired) electrons. The second kappa shape index (κ2) is 23.0. The van der Waals surface area contributed by atoms with E-state index in [1.807, 2.05) is 24.3 Å². The minimum Gasteiger partial charge on any atom is -0.426 e. The Morgan fingerprint density at radius 3 is 1.29 bits per heavy atom. The van der Waals surface area contributed by atoms with Crippen LogP contribution in [0.15, 0.2) is 131 Å². The number of allylic oxidation sites excluding steroid dienone is 2. The maximum atomic E-state index is 14.2. The lowest BCUT2D eigenvalue weighted by atomic mass is 10.0. The Labute approximate surface area is 341 Å². The molecule has 0 spiro atoms. The van der Waals surface area contributed by atoms with Crippen LogP contribution in [0.2, 0.25) is 0 Å². The van der Waals surface area contributed by atoms with Gasteiger partial charge < -0.3 is 20.1 Å². The number of Topliss-reactive ketones (excluding diaryl/α,β-unsaturated/α-hetero) is 2. The molecule has 0 unspecified atom stereocenters. The first-order chi connectivity index (χ1) is 28.4. The van der Waals surface area contributed by atoms with E-state index in [9.17, 15) is 19.2 Å². The molecule has 0 atom stereocenters. The van der Waals surface area contributed by atoms with E-state index in [1.54, 1.807) is 72.8 Å². The molecule has 0 aromatic heterocycles. The van der Waals surface area contributed by atoms with Crippen molar-refractivity contribution in [1.82, 2.24) is 0 Å². The SMILES string of the molecule is CCCCCCCC(=O)Oc1ccccc1C(=O)/C1=C\Nc2ccccc2N=C/C(C(=O)c2ccccc2OC(=O)CCCCCCC)=C/Nc2ccccc2N=C1. The zero-order chi connectivity index (χ0) is 41.0. The number of anilines is 2. The molecule has 10 heteroatoms. The molecule has 0 fully saturated rings. The summed E-state index contributed by atoms with van der Waals surface area (Å²) in [6.07, 6.45) is 16.4. The third-order valence-electron chi connectivity index (χ3n) is 9.46. The predicted molar refractivity (Wildman–Crippen MR) is 232 cm³/mol. The monoisotopic (exact) mass is 780 g/mol. The van der Waals surface area contributed by atoms with Gasteiger partial charge in [0.2, 0.25) is 0 Å². The highest BCUT2D eigenvalue weighted by Crippen LogP contribution is 2.30. The second-order valence-electron chi connectivity index (χ2n) is 14.0. The Kier molecular flexibility index (Phi) is 16.9. The number of ketones is 2. The number of carbonyl (C=O) groups is 4. The quantitative estimate of drug-likeness (QED) is 0.0441. The van der Waals surface area contributed by atoms with Crippen molar-refractivity contribution in [2.45, 2.75) is 90.9 Å². The zero-order valence-corrected chi connectivity index (χ0v) is 33.4. The van der Waals surface area contributed by atoms with Gasteiger partial charge in [-0.25, -0.2) is 0 Å². The van der Waals surface area contributed by atoms with Gasteiger partial charge in [-0.15, -0.1) is 0 Å². The average Bonchev–Trinajstić information content (AvgIpc) is 3.24. The molecule has 1 aliphatic rings. The largest absolute Gasteiger partial charge is 0.426 e. The number of fused-ring (bicyclic) bond motifs is 2. The highest BCUT2D eigenvalue weighted by Gasteiger charge is 2.21. The summed E-state index contributed by atoms with van der Waals surface area (Å²) < 4.78 is 11.4. The van der Waals surface area contributed by atoms with Gasteiger partial charge in [0, 0.05) is 37.7 Å². The van der Waals surface area contributed by atoms with Gasteiger partial charge in [0.1, 0.15) is 11.5 Å². The number of hydrogen-bond acceptors (Lipinski definition) is 10. The van der Waals surface area contributed by atoms with E-state index in [0.29, 0.717) is 22.7 Å². The zero-order valence-electron chi connectivity index (χ0n) is 33.4. The first kappa shape index (κ1) is 42.7. The minimum absolute atomic E-state index is 0.174.